The van der Waals surface area contributed by atoms with Crippen LogP contribution in [0.25, 0.3) is 0 Å². The zero-order valence-electron chi connectivity index (χ0n) is 10.8. The van der Waals surface area contributed by atoms with E-state index in [1.54, 1.807) is 0 Å². The van der Waals surface area contributed by atoms with Crippen molar-refractivity contribution in [2.24, 2.45) is 0 Å². The molecule has 0 atom stereocenters. The molecule has 0 aliphatic heterocycles. The predicted octanol–water partition coefficient (Wildman–Crippen LogP) is 4.62. The lowest BCUT2D eigenvalue weighted by Gasteiger charge is -1.97. The number of hydrogen-bond acceptors (Lipinski definition) is 1. The lowest BCUT2D eigenvalue weighted by atomic mass is 10.1. The highest BCUT2D eigenvalue weighted by molar-refractivity contribution is 5.02. The fraction of sp³-hybridized carbons (Fsp3) is 0.733. The first-order valence-corrected chi connectivity index (χ1v) is 6.84. The van der Waals surface area contributed by atoms with E-state index < -0.39 is 0 Å². The van der Waals surface area contributed by atoms with Gasteiger partial charge in [-0.3, -0.25) is 0 Å². The molecule has 1 heteroatoms. The highest BCUT2D eigenvalue weighted by atomic mass is 16.2. The highest BCUT2D eigenvalue weighted by Gasteiger charge is 1.87. The van der Waals surface area contributed by atoms with Gasteiger partial charge in [0.25, 0.3) is 0 Å². The molecule has 0 unspecified atom stereocenters. The monoisotopic (exact) mass is 224 g/mol. The van der Waals surface area contributed by atoms with Gasteiger partial charge >= 0.3 is 0 Å². The van der Waals surface area contributed by atoms with Crippen molar-refractivity contribution in [1.29, 1.82) is 0 Å². The minimum absolute atomic E-state index is 0.297. The number of aliphatic hydroxyl groups is 1. The van der Waals surface area contributed by atoms with E-state index in [0.29, 0.717) is 6.61 Å². The summed E-state index contributed by atoms with van der Waals surface area (Å²) in [5.41, 5.74) is 0. The lowest BCUT2D eigenvalue weighted by molar-refractivity contribution is 0.289. The standard InChI is InChI=1S/C15H28O/c1-2-3-4-5-6-7-8-9-10-11-12-13-14-15-16/h9-12,16H,2-8,13-15H2,1H3. The molecule has 0 heterocycles. The van der Waals surface area contributed by atoms with Crippen LogP contribution >= 0.6 is 0 Å². The van der Waals surface area contributed by atoms with E-state index in [4.69, 9.17) is 5.11 Å². The SMILES string of the molecule is CCCCCCCCC=CC=CCCCO. The predicted molar refractivity (Wildman–Crippen MR) is 72.6 cm³/mol. The quantitative estimate of drug-likeness (QED) is 0.401. The van der Waals surface area contributed by atoms with E-state index in [2.05, 4.69) is 31.2 Å². The van der Waals surface area contributed by atoms with Gasteiger partial charge in [0, 0.05) is 6.61 Å². The van der Waals surface area contributed by atoms with Crippen LogP contribution in [0.1, 0.15) is 64.7 Å². The van der Waals surface area contributed by atoms with Crippen LogP contribution < -0.4 is 0 Å². The molecule has 1 nitrogen and oxygen atoms in total. The summed E-state index contributed by atoms with van der Waals surface area (Å²) in [5.74, 6) is 0. The van der Waals surface area contributed by atoms with Gasteiger partial charge in [-0.25, -0.2) is 0 Å². The summed E-state index contributed by atoms with van der Waals surface area (Å²) in [7, 11) is 0. The molecule has 1 N–H and O–H groups in total. The molecule has 16 heavy (non-hydrogen) atoms. The van der Waals surface area contributed by atoms with Gasteiger partial charge in [0.1, 0.15) is 0 Å². The summed E-state index contributed by atoms with van der Waals surface area (Å²) < 4.78 is 0. The lowest BCUT2D eigenvalue weighted by Crippen LogP contribution is -1.78. The largest absolute Gasteiger partial charge is 0.396 e. The van der Waals surface area contributed by atoms with Crippen molar-refractivity contribution in [2.45, 2.75) is 64.7 Å². The molecule has 0 bridgehead atoms. The maximum absolute atomic E-state index is 8.58. The van der Waals surface area contributed by atoms with Crippen molar-refractivity contribution in [3.05, 3.63) is 24.3 Å². The summed E-state index contributed by atoms with van der Waals surface area (Å²) >= 11 is 0. The molecule has 0 spiro atoms. The second kappa shape index (κ2) is 14.4. The molecule has 0 saturated heterocycles. The molecule has 0 fully saturated rings. The molecule has 0 aromatic rings. The number of aliphatic hydroxyl groups excluding tert-OH is 1. The van der Waals surface area contributed by atoms with Gasteiger partial charge in [0.15, 0.2) is 0 Å². The number of hydrogen-bond donors (Lipinski definition) is 1. The van der Waals surface area contributed by atoms with Crippen LogP contribution in [0.15, 0.2) is 24.3 Å². The third kappa shape index (κ3) is 13.4. The van der Waals surface area contributed by atoms with Crippen molar-refractivity contribution >= 4 is 0 Å². The Morgan fingerprint density at radius 2 is 1.31 bits per heavy atom. The van der Waals surface area contributed by atoms with Crippen LogP contribution in [0.2, 0.25) is 0 Å². The molecular weight excluding hydrogens is 196 g/mol. The minimum atomic E-state index is 0.297. The van der Waals surface area contributed by atoms with E-state index in [1.807, 2.05) is 0 Å². The zero-order chi connectivity index (χ0) is 11.9. The van der Waals surface area contributed by atoms with Crippen LogP contribution in [0, 0.1) is 0 Å². The second-order valence-corrected chi connectivity index (χ2v) is 4.28. The van der Waals surface area contributed by atoms with Crippen LogP contribution in [0.4, 0.5) is 0 Å². The Balaban J connectivity index is 3.12. The molecule has 0 aliphatic carbocycles. The van der Waals surface area contributed by atoms with E-state index in [9.17, 15) is 0 Å². The maximum Gasteiger partial charge on any atom is 0.0433 e. The number of unbranched alkanes of at least 4 members (excludes halogenated alkanes) is 7. The van der Waals surface area contributed by atoms with E-state index in [-0.39, 0.29) is 0 Å². The van der Waals surface area contributed by atoms with Crippen molar-refractivity contribution < 1.29 is 5.11 Å². The van der Waals surface area contributed by atoms with Gasteiger partial charge in [0.05, 0.1) is 0 Å². The molecule has 0 aromatic heterocycles. The highest BCUT2D eigenvalue weighted by Crippen LogP contribution is 2.07. The Morgan fingerprint density at radius 3 is 1.94 bits per heavy atom. The first kappa shape index (κ1) is 15.4. The minimum Gasteiger partial charge on any atom is -0.396 e. The molecule has 94 valence electrons. The molecule has 0 aromatic carbocycles. The van der Waals surface area contributed by atoms with Crippen molar-refractivity contribution in [3.63, 3.8) is 0 Å². The molecule has 0 rings (SSSR count). The van der Waals surface area contributed by atoms with Crippen LogP contribution in [-0.2, 0) is 0 Å². The molecule has 0 saturated carbocycles. The molecule has 0 radical (unpaired) electrons. The Labute approximate surface area is 101 Å². The molecule has 0 amide bonds. The third-order valence-corrected chi connectivity index (χ3v) is 2.64. The fourth-order valence-corrected chi connectivity index (χ4v) is 1.60. The van der Waals surface area contributed by atoms with Crippen molar-refractivity contribution in [1.82, 2.24) is 0 Å². The smallest absolute Gasteiger partial charge is 0.0433 e. The normalized spacial score (nSPS) is 11.9. The van der Waals surface area contributed by atoms with Crippen LogP contribution in [0.3, 0.4) is 0 Å². The molecule has 0 aliphatic rings. The van der Waals surface area contributed by atoms with Gasteiger partial charge in [-0.1, -0.05) is 63.3 Å². The second-order valence-electron chi connectivity index (χ2n) is 4.28. The summed E-state index contributed by atoms with van der Waals surface area (Å²) in [6.07, 6.45) is 19.9. The van der Waals surface area contributed by atoms with E-state index in [1.165, 1.54) is 44.9 Å². The van der Waals surface area contributed by atoms with Crippen LogP contribution in [0.5, 0.6) is 0 Å². The maximum atomic E-state index is 8.58. The van der Waals surface area contributed by atoms with Gasteiger partial charge < -0.3 is 5.11 Å². The Bertz CT molecular complexity index is 170. The van der Waals surface area contributed by atoms with E-state index in [0.717, 1.165) is 12.8 Å². The van der Waals surface area contributed by atoms with Crippen molar-refractivity contribution in [2.75, 3.05) is 6.61 Å². The fourth-order valence-electron chi connectivity index (χ4n) is 1.60. The Morgan fingerprint density at radius 1 is 0.750 bits per heavy atom. The van der Waals surface area contributed by atoms with Crippen LogP contribution in [-0.4, -0.2) is 11.7 Å². The Hall–Kier alpha value is -0.560. The zero-order valence-corrected chi connectivity index (χ0v) is 10.8. The number of rotatable bonds is 11. The summed E-state index contributed by atoms with van der Waals surface area (Å²) in [6.45, 7) is 2.55. The first-order chi connectivity index (χ1) is 7.91. The third-order valence-electron chi connectivity index (χ3n) is 2.64. The average molecular weight is 224 g/mol. The van der Waals surface area contributed by atoms with Gasteiger partial charge in [-0.15, -0.1) is 0 Å². The topological polar surface area (TPSA) is 20.2 Å². The van der Waals surface area contributed by atoms with Crippen molar-refractivity contribution in [3.8, 4) is 0 Å². The average Bonchev–Trinajstić information content (AvgIpc) is 2.31. The summed E-state index contributed by atoms with van der Waals surface area (Å²) in [4.78, 5) is 0. The Kier molecular flexibility index (Phi) is 13.9. The summed E-state index contributed by atoms with van der Waals surface area (Å²) in [6, 6.07) is 0. The molecular formula is C15H28O. The van der Waals surface area contributed by atoms with Gasteiger partial charge in [-0.2, -0.15) is 0 Å². The first-order valence-electron chi connectivity index (χ1n) is 6.84. The number of allylic oxidation sites excluding steroid dienone is 4. The van der Waals surface area contributed by atoms with E-state index >= 15 is 0 Å². The summed E-state index contributed by atoms with van der Waals surface area (Å²) in [5, 5.41) is 8.58. The van der Waals surface area contributed by atoms with Gasteiger partial charge in [-0.05, 0) is 25.7 Å². The van der Waals surface area contributed by atoms with Gasteiger partial charge in [0.2, 0.25) is 0 Å².